The Morgan fingerprint density at radius 2 is 2.00 bits per heavy atom. The van der Waals surface area contributed by atoms with Crippen LogP contribution < -0.4 is 9.47 Å². The number of fused-ring (bicyclic) bond motifs is 1. The van der Waals surface area contributed by atoms with Gasteiger partial charge in [-0.15, -0.1) is 0 Å². The van der Waals surface area contributed by atoms with Crippen LogP contribution in [-0.4, -0.2) is 26.9 Å². The molecule has 0 N–H and O–H groups in total. The summed E-state index contributed by atoms with van der Waals surface area (Å²) in [7, 11) is 3.46. The summed E-state index contributed by atoms with van der Waals surface area (Å²) in [6, 6.07) is 9.27. The van der Waals surface area contributed by atoms with E-state index in [0.717, 1.165) is 22.5 Å². The van der Waals surface area contributed by atoms with Gasteiger partial charge in [-0.05, 0) is 24.3 Å². The highest BCUT2D eigenvalue weighted by Gasteiger charge is 2.11. The molecule has 4 aromatic rings. The Kier molecular flexibility index (Phi) is 3.81. The molecule has 126 valence electrons. The molecule has 0 aliphatic heterocycles. The summed E-state index contributed by atoms with van der Waals surface area (Å²) in [5, 5.41) is 4.13. The van der Waals surface area contributed by atoms with Crippen molar-refractivity contribution < 1.29 is 13.9 Å². The van der Waals surface area contributed by atoms with Gasteiger partial charge in [0.25, 0.3) is 0 Å². The molecule has 0 bridgehead atoms. The second kappa shape index (κ2) is 6.27. The van der Waals surface area contributed by atoms with Crippen LogP contribution in [0.5, 0.6) is 11.5 Å². The fraction of sp³-hybridized carbons (Fsp3) is 0.167. The number of rotatable bonds is 5. The number of hydrogen-bond acceptors (Lipinski definition) is 6. The van der Waals surface area contributed by atoms with Crippen molar-refractivity contribution in [2.75, 3.05) is 7.11 Å². The van der Waals surface area contributed by atoms with Crippen molar-refractivity contribution in [3.63, 3.8) is 0 Å². The van der Waals surface area contributed by atoms with Crippen molar-refractivity contribution in [2.24, 2.45) is 7.05 Å². The average Bonchev–Trinajstić information content (AvgIpc) is 3.25. The number of methoxy groups -OCH3 is 1. The average molecular weight is 336 g/mol. The van der Waals surface area contributed by atoms with Crippen LogP contribution in [0.25, 0.3) is 22.6 Å². The standard InChI is InChI=1S/C18H16N4O3/c1-22-10-12(8-20-22)18-21-16-7-14(5-6-17(16)25-18)24-11-13-3-4-15(23-2)9-19-13/h3-10H,11H2,1-2H3. The van der Waals surface area contributed by atoms with E-state index in [4.69, 9.17) is 13.9 Å². The van der Waals surface area contributed by atoms with Gasteiger partial charge in [0.1, 0.15) is 23.6 Å². The minimum absolute atomic E-state index is 0.364. The summed E-state index contributed by atoms with van der Waals surface area (Å²) in [5.41, 5.74) is 3.09. The van der Waals surface area contributed by atoms with Gasteiger partial charge in [0, 0.05) is 19.3 Å². The number of benzene rings is 1. The number of aromatic nitrogens is 4. The van der Waals surface area contributed by atoms with Crippen LogP contribution >= 0.6 is 0 Å². The van der Waals surface area contributed by atoms with Crippen LogP contribution in [0.15, 0.2) is 53.3 Å². The van der Waals surface area contributed by atoms with E-state index in [9.17, 15) is 0 Å². The summed E-state index contributed by atoms with van der Waals surface area (Å²) in [6.45, 7) is 0.364. The van der Waals surface area contributed by atoms with Gasteiger partial charge in [-0.25, -0.2) is 4.98 Å². The van der Waals surface area contributed by atoms with Gasteiger partial charge >= 0.3 is 0 Å². The third-order valence-corrected chi connectivity index (χ3v) is 3.73. The second-order valence-electron chi connectivity index (χ2n) is 5.53. The highest BCUT2D eigenvalue weighted by molar-refractivity contribution is 5.77. The molecule has 4 rings (SSSR count). The van der Waals surface area contributed by atoms with Crippen LogP contribution in [0.1, 0.15) is 5.69 Å². The molecular formula is C18H16N4O3. The lowest BCUT2D eigenvalue weighted by molar-refractivity contribution is 0.301. The third-order valence-electron chi connectivity index (χ3n) is 3.73. The molecule has 0 radical (unpaired) electrons. The Morgan fingerprint density at radius 3 is 2.72 bits per heavy atom. The molecule has 0 aliphatic rings. The van der Waals surface area contributed by atoms with Gasteiger partial charge in [0.2, 0.25) is 5.89 Å². The number of pyridine rings is 1. The van der Waals surface area contributed by atoms with E-state index in [1.807, 2.05) is 43.6 Å². The van der Waals surface area contributed by atoms with E-state index in [2.05, 4.69) is 15.1 Å². The van der Waals surface area contributed by atoms with E-state index < -0.39 is 0 Å². The number of aryl methyl sites for hydroxylation is 1. The number of nitrogens with zero attached hydrogens (tertiary/aromatic N) is 4. The molecule has 0 amide bonds. The van der Waals surface area contributed by atoms with Gasteiger partial charge in [-0.2, -0.15) is 5.10 Å². The van der Waals surface area contributed by atoms with Crippen molar-refractivity contribution >= 4 is 11.1 Å². The Bertz CT molecular complexity index is 1000. The Balaban J connectivity index is 1.52. The van der Waals surface area contributed by atoms with Crippen LogP contribution in [0.2, 0.25) is 0 Å². The molecule has 0 atom stereocenters. The van der Waals surface area contributed by atoms with Gasteiger partial charge < -0.3 is 13.9 Å². The van der Waals surface area contributed by atoms with Gasteiger partial charge in [-0.1, -0.05) is 0 Å². The Hall–Kier alpha value is -3.35. The summed E-state index contributed by atoms with van der Waals surface area (Å²) in [6.07, 6.45) is 5.24. The lowest BCUT2D eigenvalue weighted by atomic mass is 10.3. The van der Waals surface area contributed by atoms with Crippen LogP contribution in [0, 0.1) is 0 Å². The lowest BCUT2D eigenvalue weighted by Gasteiger charge is -2.06. The molecule has 25 heavy (non-hydrogen) atoms. The first kappa shape index (κ1) is 15.2. The summed E-state index contributed by atoms with van der Waals surface area (Å²) < 4.78 is 18.4. The van der Waals surface area contributed by atoms with E-state index in [0.29, 0.717) is 23.8 Å². The molecule has 7 nitrogen and oxygen atoms in total. The van der Waals surface area contributed by atoms with E-state index in [-0.39, 0.29) is 0 Å². The largest absolute Gasteiger partial charge is 0.495 e. The second-order valence-corrected chi connectivity index (χ2v) is 5.53. The monoisotopic (exact) mass is 336 g/mol. The van der Waals surface area contributed by atoms with Gasteiger partial charge in [0.05, 0.1) is 30.8 Å². The van der Waals surface area contributed by atoms with Crippen molar-refractivity contribution in [3.05, 3.63) is 54.6 Å². The van der Waals surface area contributed by atoms with Crippen molar-refractivity contribution in [1.29, 1.82) is 0 Å². The predicted octanol–water partition coefficient (Wildman–Crippen LogP) is 3.21. The SMILES string of the molecule is COc1ccc(COc2ccc3oc(-c4cnn(C)c4)nc3c2)nc1. The Morgan fingerprint density at radius 1 is 1.12 bits per heavy atom. The van der Waals surface area contributed by atoms with Crippen molar-refractivity contribution in [3.8, 4) is 23.0 Å². The summed E-state index contributed by atoms with van der Waals surface area (Å²) >= 11 is 0. The maximum absolute atomic E-state index is 5.79. The highest BCUT2D eigenvalue weighted by Crippen LogP contribution is 2.27. The zero-order chi connectivity index (χ0) is 17.2. The molecule has 0 aliphatic carbocycles. The smallest absolute Gasteiger partial charge is 0.230 e. The first-order chi connectivity index (χ1) is 12.2. The minimum Gasteiger partial charge on any atom is -0.495 e. The Labute approximate surface area is 143 Å². The molecular weight excluding hydrogens is 320 g/mol. The molecule has 0 saturated carbocycles. The van der Waals surface area contributed by atoms with Crippen molar-refractivity contribution in [2.45, 2.75) is 6.61 Å². The van der Waals surface area contributed by atoms with Gasteiger partial charge in [-0.3, -0.25) is 9.67 Å². The fourth-order valence-electron chi connectivity index (χ4n) is 2.43. The first-order valence-corrected chi connectivity index (χ1v) is 7.72. The van der Waals surface area contributed by atoms with E-state index in [1.165, 1.54) is 0 Å². The number of ether oxygens (including phenoxy) is 2. The lowest BCUT2D eigenvalue weighted by Crippen LogP contribution is -1.98. The zero-order valence-corrected chi connectivity index (χ0v) is 13.8. The molecule has 3 aromatic heterocycles. The predicted molar refractivity (Wildman–Crippen MR) is 91.3 cm³/mol. The molecule has 0 saturated heterocycles. The van der Waals surface area contributed by atoms with Crippen molar-refractivity contribution in [1.82, 2.24) is 19.7 Å². The molecule has 0 unspecified atom stereocenters. The highest BCUT2D eigenvalue weighted by atomic mass is 16.5. The van der Waals surface area contributed by atoms with E-state index in [1.54, 1.807) is 24.2 Å². The molecule has 3 heterocycles. The molecule has 7 heteroatoms. The van der Waals surface area contributed by atoms with Crippen LogP contribution in [0.3, 0.4) is 0 Å². The summed E-state index contributed by atoms with van der Waals surface area (Å²) in [5.74, 6) is 1.96. The normalized spacial score (nSPS) is 11.0. The van der Waals surface area contributed by atoms with Crippen LogP contribution in [0.4, 0.5) is 0 Å². The molecule has 0 fully saturated rings. The summed E-state index contributed by atoms with van der Waals surface area (Å²) in [4.78, 5) is 8.78. The number of oxazole rings is 1. The minimum atomic E-state index is 0.364. The topological polar surface area (TPSA) is 75.2 Å². The number of hydrogen-bond donors (Lipinski definition) is 0. The zero-order valence-electron chi connectivity index (χ0n) is 13.8. The first-order valence-electron chi connectivity index (χ1n) is 7.72. The maximum atomic E-state index is 5.79. The van der Waals surface area contributed by atoms with Gasteiger partial charge in [0.15, 0.2) is 5.58 Å². The van der Waals surface area contributed by atoms with Crippen LogP contribution in [-0.2, 0) is 13.7 Å². The fourth-order valence-corrected chi connectivity index (χ4v) is 2.43. The van der Waals surface area contributed by atoms with E-state index >= 15 is 0 Å². The quantitative estimate of drug-likeness (QED) is 0.557. The molecule has 0 spiro atoms. The maximum Gasteiger partial charge on any atom is 0.230 e. The third kappa shape index (κ3) is 3.16. The molecule has 1 aromatic carbocycles.